The van der Waals surface area contributed by atoms with E-state index in [0.717, 1.165) is 59.8 Å². The van der Waals surface area contributed by atoms with Gasteiger partial charge in [0.2, 0.25) is 0 Å². The van der Waals surface area contributed by atoms with Crippen molar-refractivity contribution in [2.24, 2.45) is 0 Å². The van der Waals surface area contributed by atoms with Crippen molar-refractivity contribution in [1.29, 1.82) is 0 Å². The molecule has 4 heteroatoms. The second-order valence-corrected chi connectivity index (χ2v) is 25.5. The summed E-state index contributed by atoms with van der Waals surface area (Å²) in [5, 5.41) is 12.8. The highest BCUT2D eigenvalue weighted by atomic mass is 28.3. The standard InChI is InChI=1S/C66H48N2Si2/c1-7-26-51(27-8-1)69(52-28-9-2-10-29-52,53-30-11-3-12-31-53)57-38-23-25-49(47-57)68-63-46-45-50(67-61-41-21-19-39-58(61)59-40-20-22-42-62(59)67)48-60(63)66-64(68)43-24-44-65(66)70(54-32-13-4-14-33-54,55-34-15-5-16-35-55)56-36-17-6-18-37-56/h1-48H/i1D,7D,8D,26D,27D. The minimum Gasteiger partial charge on any atom is -0.309 e. The van der Waals surface area contributed by atoms with Crippen LogP contribution in [0.1, 0.15) is 6.85 Å². The van der Waals surface area contributed by atoms with E-state index in [1.807, 2.05) is 36.4 Å². The first-order valence-electron chi connectivity index (χ1n) is 26.4. The van der Waals surface area contributed by atoms with E-state index in [9.17, 15) is 2.74 Å². The van der Waals surface area contributed by atoms with Crippen LogP contribution < -0.4 is 41.5 Å². The normalized spacial score (nSPS) is 13.0. The van der Waals surface area contributed by atoms with Gasteiger partial charge < -0.3 is 9.13 Å². The van der Waals surface area contributed by atoms with Crippen molar-refractivity contribution in [2.75, 3.05) is 0 Å². The molecule has 2 nitrogen and oxygen atoms in total. The van der Waals surface area contributed by atoms with Crippen LogP contribution in [0.2, 0.25) is 0 Å². The molecule has 2 heterocycles. The van der Waals surface area contributed by atoms with Crippen LogP contribution >= 0.6 is 0 Å². The molecule has 0 saturated carbocycles. The van der Waals surface area contributed by atoms with Gasteiger partial charge in [-0.05, 0) is 90.0 Å². The summed E-state index contributed by atoms with van der Waals surface area (Å²) < 4.78 is 51.0. The lowest BCUT2D eigenvalue weighted by atomic mass is 10.1. The lowest BCUT2D eigenvalue weighted by Gasteiger charge is -2.35. The van der Waals surface area contributed by atoms with Gasteiger partial charge in [0.25, 0.3) is 0 Å². The van der Waals surface area contributed by atoms with Crippen LogP contribution in [0.3, 0.4) is 0 Å². The summed E-state index contributed by atoms with van der Waals surface area (Å²) in [6, 6.07) is 91.5. The first-order chi connectivity index (χ1) is 36.8. The van der Waals surface area contributed by atoms with Crippen molar-refractivity contribution >= 4 is 101 Å². The zero-order chi connectivity index (χ0) is 50.8. The van der Waals surface area contributed by atoms with Gasteiger partial charge in [-0.25, -0.2) is 0 Å². The number of rotatable bonds is 10. The molecule has 0 aliphatic carbocycles. The summed E-state index contributed by atoms with van der Waals surface area (Å²) in [5.41, 5.74) is 6.27. The van der Waals surface area contributed by atoms with Crippen molar-refractivity contribution in [3.63, 3.8) is 0 Å². The molecule has 0 aliphatic rings. The SMILES string of the molecule is [2H]c1c([2H])c([2H])c([Si](c2ccccc2)(c2ccccc2)c2cccc(-n3c4ccc(-n5c6ccccc6c6ccccc65)cc4c4c([Si](c5ccccc5)(c5ccccc5)c5ccccc5)cccc43)c2)c([2H])c1[2H]. The van der Waals surface area contributed by atoms with Crippen LogP contribution in [-0.4, -0.2) is 25.3 Å². The zero-order valence-electron chi connectivity index (χ0n) is 43.2. The molecular weight excluding hydrogens is 877 g/mol. The molecule has 13 rings (SSSR count). The van der Waals surface area contributed by atoms with Crippen LogP contribution in [0, 0.1) is 0 Å². The molecular formula is C66H48N2Si2. The van der Waals surface area contributed by atoms with Crippen molar-refractivity contribution in [3.8, 4) is 11.4 Å². The minimum absolute atomic E-state index is 0.186. The van der Waals surface area contributed by atoms with E-state index in [4.69, 9.17) is 4.11 Å². The van der Waals surface area contributed by atoms with E-state index >= 15 is 0 Å². The summed E-state index contributed by atoms with van der Waals surface area (Å²) >= 11 is 0. The Morgan fingerprint density at radius 3 is 1.20 bits per heavy atom. The quantitative estimate of drug-likeness (QED) is 0.0955. The maximum absolute atomic E-state index is 9.68. The fourth-order valence-electron chi connectivity index (χ4n) is 11.6. The smallest absolute Gasteiger partial charge is 0.180 e. The lowest BCUT2D eigenvalue weighted by Crippen LogP contribution is -2.74. The van der Waals surface area contributed by atoms with Gasteiger partial charge in [-0.2, -0.15) is 0 Å². The van der Waals surface area contributed by atoms with Crippen molar-refractivity contribution in [1.82, 2.24) is 9.13 Å². The fraction of sp³-hybridized carbons (Fsp3) is 0. The van der Waals surface area contributed by atoms with Crippen LogP contribution in [0.15, 0.2) is 291 Å². The molecule has 0 unspecified atom stereocenters. The molecule has 0 radical (unpaired) electrons. The van der Waals surface area contributed by atoms with Crippen molar-refractivity contribution in [2.45, 2.75) is 0 Å². The average Bonchev–Trinajstić information content (AvgIpc) is 4.01. The number of hydrogen-bond donors (Lipinski definition) is 0. The Morgan fingerprint density at radius 2 is 0.671 bits per heavy atom. The van der Waals surface area contributed by atoms with E-state index in [0.29, 0.717) is 5.19 Å². The Kier molecular flexibility index (Phi) is 8.97. The third kappa shape index (κ3) is 6.38. The number of para-hydroxylation sites is 2. The zero-order valence-corrected chi connectivity index (χ0v) is 40.2. The first-order valence-corrected chi connectivity index (χ1v) is 27.9. The Bertz CT molecular complexity index is 4080. The third-order valence-electron chi connectivity index (χ3n) is 14.5. The van der Waals surface area contributed by atoms with E-state index in [1.54, 1.807) is 0 Å². The Morgan fingerprint density at radius 1 is 0.271 bits per heavy atom. The molecule has 330 valence electrons. The van der Waals surface area contributed by atoms with Gasteiger partial charge >= 0.3 is 0 Å². The Balaban J connectivity index is 1.18. The van der Waals surface area contributed by atoms with Crippen LogP contribution in [-0.2, 0) is 0 Å². The predicted molar refractivity (Wildman–Crippen MR) is 302 cm³/mol. The van der Waals surface area contributed by atoms with Gasteiger partial charge in [0.1, 0.15) is 0 Å². The van der Waals surface area contributed by atoms with E-state index < -0.39 is 22.2 Å². The highest BCUT2D eigenvalue weighted by Gasteiger charge is 2.44. The summed E-state index contributed by atoms with van der Waals surface area (Å²) in [7, 11) is -6.88. The van der Waals surface area contributed by atoms with Crippen molar-refractivity contribution in [3.05, 3.63) is 291 Å². The summed E-state index contributed by atoms with van der Waals surface area (Å²) in [4.78, 5) is 0. The molecule has 11 aromatic carbocycles. The largest absolute Gasteiger partial charge is 0.309 e. The van der Waals surface area contributed by atoms with E-state index in [2.05, 4.69) is 234 Å². The number of benzene rings is 11. The Labute approximate surface area is 417 Å². The van der Waals surface area contributed by atoms with Crippen molar-refractivity contribution < 1.29 is 6.85 Å². The number of fused-ring (bicyclic) bond motifs is 6. The highest BCUT2D eigenvalue weighted by Crippen LogP contribution is 2.37. The molecule has 13 aromatic rings. The predicted octanol–water partition coefficient (Wildman–Crippen LogP) is 10.6. The van der Waals surface area contributed by atoms with Gasteiger partial charge in [0, 0.05) is 32.9 Å². The molecule has 0 amide bonds. The molecule has 0 bridgehead atoms. The molecule has 2 aromatic heterocycles. The summed E-state index contributed by atoms with van der Waals surface area (Å²) in [5.74, 6) is 0. The molecule has 0 fully saturated rings. The second kappa shape index (κ2) is 17.2. The van der Waals surface area contributed by atoms with Gasteiger partial charge in [-0.1, -0.05) is 243 Å². The third-order valence-corrected chi connectivity index (χ3v) is 23.9. The summed E-state index contributed by atoms with van der Waals surface area (Å²) in [6.07, 6.45) is 0. The fourth-order valence-corrected chi connectivity index (χ4v) is 21.1. The van der Waals surface area contributed by atoms with Gasteiger partial charge in [-0.3, -0.25) is 0 Å². The monoisotopic (exact) mass is 929 g/mol. The maximum atomic E-state index is 9.68. The molecule has 0 aliphatic heterocycles. The van der Waals surface area contributed by atoms with Crippen LogP contribution in [0.4, 0.5) is 0 Å². The molecule has 0 atom stereocenters. The van der Waals surface area contributed by atoms with E-state index in [-0.39, 0.29) is 24.2 Å². The van der Waals surface area contributed by atoms with E-state index in [1.165, 1.54) is 31.5 Å². The second-order valence-electron chi connectivity index (χ2n) is 18.0. The topological polar surface area (TPSA) is 9.86 Å². The number of aromatic nitrogens is 2. The van der Waals surface area contributed by atoms with Crippen LogP contribution in [0.5, 0.6) is 0 Å². The average molecular weight is 930 g/mol. The molecule has 70 heavy (non-hydrogen) atoms. The molecule has 0 spiro atoms. The Hall–Kier alpha value is -8.55. The highest BCUT2D eigenvalue weighted by molar-refractivity contribution is 7.21. The molecule has 0 saturated heterocycles. The number of hydrogen-bond acceptors (Lipinski definition) is 0. The maximum Gasteiger partial charge on any atom is 0.180 e. The summed E-state index contributed by atoms with van der Waals surface area (Å²) in [6.45, 7) is 0. The number of nitrogens with zero attached hydrogens (tertiary/aromatic N) is 2. The van der Waals surface area contributed by atoms with Gasteiger partial charge in [-0.15, -0.1) is 0 Å². The van der Waals surface area contributed by atoms with Crippen LogP contribution in [0.25, 0.3) is 55.0 Å². The van der Waals surface area contributed by atoms with Gasteiger partial charge in [0.05, 0.1) is 28.9 Å². The molecule has 0 N–H and O–H groups in total. The minimum atomic E-state index is -3.73. The first kappa shape index (κ1) is 36.5. The van der Waals surface area contributed by atoms with Gasteiger partial charge in [0.15, 0.2) is 16.1 Å². The lowest BCUT2D eigenvalue weighted by molar-refractivity contribution is 1.17.